The third-order valence-electron chi connectivity index (χ3n) is 3.76. The maximum absolute atomic E-state index is 11.9. The van der Waals surface area contributed by atoms with Crippen LogP contribution in [0, 0.1) is 0 Å². The van der Waals surface area contributed by atoms with Crippen LogP contribution in [0.1, 0.15) is 30.6 Å². The third-order valence-corrected chi connectivity index (χ3v) is 3.76. The lowest BCUT2D eigenvalue weighted by molar-refractivity contribution is 0.0988. The monoisotopic (exact) mass is 364 g/mol. The molecule has 8 heteroatoms. The fraction of sp³-hybridized carbons (Fsp3) is 0.211. The number of urea groups is 1. The lowest BCUT2D eigenvalue weighted by Crippen LogP contribution is -2.28. The number of rotatable bonds is 6. The van der Waals surface area contributed by atoms with Crippen molar-refractivity contribution >= 4 is 40.3 Å². The highest BCUT2D eigenvalue weighted by atomic mass is 16.2. The summed E-state index contributed by atoms with van der Waals surface area (Å²) in [5.41, 5.74) is 2.38. The van der Waals surface area contributed by atoms with Gasteiger partial charge in [0.05, 0.1) is 6.20 Å². The Kier molecular flexibility index (Phi) is 5.55. The molecule has 0 aliphatic rings. The first-order valence-corrected chi connectivity index (χ1v) is 8.68. The van der Waals surface area contributed by atoms with Gasteiger partial charge in [-0.1, -0.05) is 19.1 Å². The number of fused-ring (bicyclic) bond motifs is 1. The Morgan fingerprint density at radius 2 is 1.85 bits per heavy atom. The summed E-state index contributed by atoms with van der Waals surface area (Å²) in [7, 11) is 0. The molecule has 27 heavy (non-hydrogen) atoms. The average Bonchev–Trinajstić information content (AvgIpc) is 2.67. The van der Waals surface area contributed by atoms with Crippen molar-refractivity contribution in [3.8, 4) is 0 Å². The predicted molar refractivity (Wildman–Crippen MR) is 104 cm³/mol. The van der Waals surface area contributed by atoms with Crippen molar-refractivity contribution in [3.05, 3.63) is 48.2 Å². The number of benzene rings is 1. The standard InChI is InChI=1S/C19H20N6O2/c1-3-15(26)12-6-5-7-13(10-12)22-17-11-21-14-8-9-16(23-18(14)24-17)25-19(27)20-4-2/h5-11H,3-4H2,1-2H3,(H3,20,22,23,24,25,27). The normalized spacial score (nSPS) is 10.4. The first kappa shape index (κ1) is 18.2. The molecule has 0 spiro atoms. The summed E-state index contributed by atoms with van der Waals surface area (Å²) < 4.78 is 0. The molecule has 2 aromatic heterocycles. The molecule has 8 nitrogen and oxygen atoms in total. The zero-order valence-electron chi connectivity index (χ0n) is 15.1. The van der Waals surface area contributed by atoms with Gasteiger partial charge in [0.15, 0.2) is 17.2 Å². The average molecular weight is 364 g/mol. The van der Waals surface area contributed by atoms with E-state index in [0.717, 1.165) is 5.69 Å². The van der Waals surface area contributed by atoms with Crippen molar-refractivity contribution < 1.29 is 9.59 Å². The van der Waals surface area contributed by atoms with Crippen molar-refractivity contribution in [2.75, 3.05) is 17.2 Å². The highest BCUT2D eigenvalue weighted by Gasteiger charge is 2.07. The molecule has 0 saturated heterocycles. The minimum Gasteiger partial charge on any atom is -0.339 e. The van der Waals surface area contributed by atoms with Gasteiger partial charge in [0.1, 0.15) is 11.3 Å². The molecule has 3 aromatic rings. The Morgan fingerprint density at radius 1 is 1.04 bits per heavy atom. The molecule has 2 amide bonds. The quantitative estimate of drug-likeness (QED) is 0.578. The van der Waals surface area contributed by atoms with Gasteiger partial charge in [-0.2, -0.15) is 0 Å². The summed E-state index contributed by atoms with van der Waals surface area (Å²) in [5, 5.41) is 8.41. The van der Waals surface area contributed by atoms with Gasteiger partial charge in [0.2, 0.25) is 0 Å². The largest absolute Gasteiger partial charge is 0.339 e. The highest BCUT2D eigenvalue weighted by Crippen LogP contribution is 2.19. The van der Waals surface area contributed by atoms with Crippen molar-refractivity contribution in [1.29, 1.82) is 0 Å². The SMILES string of the molecule is CCNC(=O)Nc1ccc2ncc(Nc3cccc(C(=O)CC)c3)nc2n1. The molecule has 0 aliphatic heterocycles. The van der Waals surface area contributed by atoms with E-state index in [4.69, 9.17) is 0 Å². The Hall–Kier alpha value is -3.55. The minimum absolute atomic E-state index is 0.0750. The summed E-state index contributed by atoms with van der Waals surface area (Å²) in [5.74, 6) is 0.952. The molecule has 1 aromatic carbocycles. The van der Waals surface area contributed by atoms with E-state index in [0.29, 0.717) is 41.3 Å². The van der Waals surface area contributed by atoms with E-state index in [1.54, 1.807) is 30.5 Å². The van der Waals surface area contributed by atoms with Gasteiger partial charge in [0, 0.05) is 24.2 Å². The van der Waals surface area contributed by atoms with E-state index < -0.39 is 0 Å². The van der Waals surface area contributed by atoms with Crippen LogP contribution < -0.4 is 16.0 Å². The Bertz CT molecular complexity index is 989. The van der Waals surface area contributed by atoms with Gasteiger partial charge in [-0.25, -0.2) is 19.7 Å². The van der Waals surface area contributed by atoms with E-state index in [-0.39, 0.29) is 11.8 Å². The summed E-state index contributed by atoms with van der Waals surface area (Å²) in [6.45, 7) is 4.18. The predicted octanol–water partition coefficient (Wildman–Crippen LogP) is 3.50. The van der Waals surface area contributed by atoms with Crippen LogP contribution in [0.15, 0.2) is 42.6 Å². The molecule has 0 bridgehead atoms. The number of ketones is 1. The smallest absolute Gasteiger partial charge is 0.320 e. The molecule has 3 rings (SSSR count). The second kappa shape index (κ2) is 8.22. The molecule has 0 saturated carbocycles. The van der Waals surface area contributed by atoms with Crippen molar-refractivity contribution in [3.63, 3.8) is 0 Å². The first-order chi connectivity index (χ1) is 13.1. The highest BCUT2D eigenvalue weighted by molar-refractivity contribution is 5.96. The lowest BCUT2D eigenvalue weighted by Gasteiger charge is -2.08. The lowest BCUT2D eigenvalue weighted by atomic mass is 10.1. The molecule has 0 aliphatic carbocycles. The van der Waals surface area contributed by atoms with Crippen LogP contribution in [0.4, 0.5) is 22.1 Å². The zero-order chi connectivity index (χ0) is 19.2. The van der Waals surface area contributed by atoms with Crippen LogP contribution in [0.5, 0.6) is 0 Å². The van der Waals surface area contributed by atoms with E-state index >= 15 is 0 Å². The van der Waals surface area contributed by atoms with Gasteiger partial charge >= 0.3 is 6.03 Å². The maximum atomic E-state index is 11.9. The van der Waals surface area contributed by atoms with Gasteiger partial charge in [-0.05, 0) is 31.2 Å². The summed E-state index contributed by atoms with van der Waals surface area (Å²) in [6.07, 6.45) is 2.04. The first-order valence-electron chi connectivity index (χ1n) is 8.68. The maximum Gasteiger partial charge on any atom is 0.320 e. The molecule has 0 unspecified atom stereocenters. The van der Waals surface area contributed by atoms with Crippen LogP contribution in [0.25, 0.3) is 11.2 Å². The zero-order valence-corrected chi connectivity index (χ0v) is 15.1. The van der Waals surface area contributed by atoms with Gasteiger partial charge < -0.3 is 10.6 Å². The number of nitrogens with zero attached hydrogens (tertiary/aromatic N) is 3. The van der Waals surface area contributed by atoms with E-state index in [2.05, 4.69) is 30.9 Å². The summed E-state index contributed by atoms with van der Waals surface area (Å²) in [4.78, 5) is 36.6. The number of amides is 2. The third kappa shape index (κ3) is 4.55. The Morgan fingerprint density at radius 3 is 2.63 bits per heavy atom. The van der Waals surface area contributed by atoms with E-state index in [9.17, 15) is 9.59 Å². The summed E-state index contributed by atoms with van der Waals surface area (Å²) in [6, 6.07) is 10.3. The number of nitrogens with one attached hydrogen (secondary N) is 3. The second-order valence-electron chi connectivity index (χ2n) is 5.76. The number of anilines is 3. The van der Waals surface area contributed by atoms with E-state index in [1.165, 1.54) is 0 Å². The molecular formula is C19H20N6O2. The molecule has 2 heterocycles. The fourth-order valence-corrected chi connectivity index (χ4v) is 2.47. The van der Waals surface area contributed by atoms with Gasteiger partial charge in [-0.15, -0.1) is 0 Å². The number of Topliss-reactive ketones (excluding diaryl/α,β-unsaturated/α-hetero) is 1. The van der Waals surface area contributed by atoms with Crippen LogP contribution in [0.3, 0.4) is 0 Å². The van der Waals surface area contributed by atoms with Crippen LogP contribution in [-0.4, -0.2) is 33.3 Å². The molecule has 0 atom stereocenters. The topological polar surface area (TPSA) is 109 Å². The number of pyridine rings is 1. The van der Waals surface area contributed by atoms with Crippen LogP contribution in [0.2, 0.25) is 0 Å². The van der Waals surface area contributed by atoms with Gasteiger partial charge in [-0.3, -0.25) is 10.1 Å². The number of carbonyl (C=O) groups is 2. The number of hydrogen-bond donors (Lipinski definition) is 3. The minimum atomic E-state index is -0.330. The summed E-state index contributed by atoms with van der Waals surface area (Å²) >= 11 is 0. The van der Waals surface area contributed by atoms with Crippen molar-refractivity contribution in [2.45, 2.75) is 20.3 Å². The molecule has 138 valence electrons. The van der Waals surface area contributed by atoms with Crippen molar-refractivity contribution in [2.24, 2.45) is 0 Å². The molecule has 0 fully saturated rings. The van der Waals surface area contributed by atoms with E-state index in [1.807, 2.05) is 26.0 Å². The van der Waals surface area contributed by atoms with Crippen molar-refractivity contribution in [1.82, 2.24) is 20.3 Å². The Labute approximate surface area is 156 Å². The number of hydrogen-bond acceptors (Lipinski definition) is 6. The second-order valence-corrected chi connectivity index (χ2v) is 5.76. The number of carbonyl (C=O) groups excluding carboxylic acids is 2. The fourth-order valence-electron chi connectivity index (χ4n) is 2.47. The van der Waals surface area contributed by atoms with Gasteiger partial charge in [0.25, 0.3) is 0 Å². The molecule has 3 N–H and O–H groups in total. The van der Waals surface area contributed by atoms with Crippen LogP contribution in [-0.2, 0) is 0 Å². The number of aromatic nitrogens is 3. The Balaban J connectivity index is 1.83. The van der Waals surface area contributed by atoms with Crippen LogP contribution >= 0.6 is 0 Å². The molecular weight excluding hydrogens is 344 g/mol. The molecule has 0 radical (unpaired) electrons.